The van der Waals surface area contributed by atoms with Gasteiger partial charge in [0.2, 0.25) is 5.95 Å². The highest BCUT2D eigenvalue weighted by molar-refractivity contribution is 5.43. The van der Waals surface area contributed by atoms with Crippen molar-refractivity contribution < 1.29 is 5.11 Å². The first-order valence-corrected chi connectivity index (χ1v) is 9.67. The van der Waals surface area contributed by atoms with Gasteiger partial charge in [0.05, 0.1) is 5.60 Å². The first kappa shape index (κ1) is 19.6. The maximum absolute atomic E-state index is 9.86. The molecule has 6 heteroatoms. The van der Waals surface area contributed by atoms with Crippen molar-refractivity contribution in [1.29, 1.82) is 0 Å². The second kappa shape index (κ2) is 8.23. The van der Waals surface area contributed by atoms with Crippen LogP contribution < -0.4 is 10.6 Å². The lowest BCUT2D eigenvalue weighted by Crippen LogP contribution is -2.46. The Bertz CT molecular complexity index is 726. The Morgan fingerprint density at radius 1 is 1.04 bits per heavy atom. The summed E-state index contributed by atoms with van der Waals surface area (Å²) in [5.74, 6) is 1.27. The Labute approximate surface area is 162 Å². The predicted octanol–water partition coefficient (Wildman–Crippen LogP) is 2.39. The van der Waals surface area contributed by atoms with Gasteiger partial charge in [0.25, 0.3) is 0 Å². The number of rotatable bonds is 6. The summed E-state index contributed by atoms with van der Waals surface area (Å²) in [7, 11) is 0. The van der Waals surface area contributed by atoms with Crippen molar-refractivity contribution >= 4 is 11.8 Å². The Morgan fingerprint density at radius 2 is 1.67 bits per heavy atom. The van der Waals surface area contributed by atoms with E-state index in [0.717, 1.165) is 57.1 Å². The van der Waals surface area contributed by atoms with Crippen molar-refractivity contribution in [2.45, 2.75) is 45.8 Å². The molecule has 1 aliphatic rings. The van der Waals surface area contributed by atoms with Gasteiger partial charge >= 0.3 is 0 Å². The van der Waals surface area contributed by atoms with Gasteiger partial charge in [-0.05, 0) is 44.7 Å². The third-order valence-electron chi connectivity index (χ3n) is 5.01. The molecule has 3 rings (SSSR count). The topological polar surface area (TPSA) is 78.5 Å². The number of aromatic nitrogens is 2. The lowest BCUT2D eigenvalue weighted by molar-refractivity contribution is 0.0714. The summed E-state index contributed by atoms with van der Waals surface area (Å²) in [6.45, 7) is 10.5. The van der Waals surface area contributed by atoms with E-state index in [1.54, 1.807) is 0 Å². The summed E-state index contributed by atoms with van der Waals surface area (Å²) in [6, 6.07) is 10.8. The zero-order valence-electron chi connectivity index (χ0n) is 16.6. The molecule has 3 N–H and O–H groups in total. The van der Waals surface area contributed by atoms with Crippen LogP contribution in [-0.2, 0) is 13.0 Å². The van der Waals surface area contributed by atoms with Gasteiger partial charge in [0.15, 0.2) is 0 Å². The number of hydrogen-bond donors (Lipinski definition) is 2. The molecule has 1 fully saturated rings. The lowest BCUT2D eigenvalue weighted by Gasteiger charge is -2.35. The van der Waals surface area contributed by atoms with Crippen molar-refractivity contribution in [2.75, 3.05) is 36.8 Å². The molecular formula is C21H31N5O. The molecule has 1 saturated heterocycles. The minimum Gasteiger partial charge on any atom is -0.390 e. The Hall–Kier alpha value is -2.18. The van der Waals surface area contributed by atoms with Crippen molar-refractivity contribution in [1.82, 2.24) is 14.9 Å². The van der Waals surface area contributed by atoms with E-state index in [-0.39, 0.29) is 0 Å². The minimum absolute atomic E-state index is 0.345. The molecule has 0 radical (unpaired) electrons. The number of hydrogen-bond acceptors (Lipinski definition) is 6. The van der Waals surface area contributed by atoms with E-state index in [2.05, 4.69) is 44.0 Å². The normalized spacial score (nSPS) is 15.9. The average molecular weight is 370 g/mol. The van der Waals surface area contributed by atoms with Crippen molar-refractivity contribution in [3.63, 3.8) is 0 Å². The highest BCUT2D eigenvalue weighted by Crippen LogP contribution is 2.18. The fourth-order valence-corrected chi connectivity index (χ4v) is 3.39. The Balaban J connectivity index is 1.50. The molecule has 1 aliphatic heterocycles. The fourth-order valence-electron chi connectivity index (χ4n) is 3.39. The van der Waals surface area contributed by atoms with E-state index in [1.165, 1.54) is 11.1 Å². The molecule has 1 aromatic heterocycles. The van der Waals surface area contributed by atoms with Crippen LogP contribution >= 0.6 is 0 Å². The molecule has 0 saturated carbocycles. The number of aliphatic hydroxyl groups is 1. The van der Waals surface area contributed by atoms with Crippen LogP contribution in [0.5, 0.6) is 0 Å². The predicted molar refractivity (Wildman–Crippen MR) is 110 cm³/mol. The molecule has 0 atom stereocenters. The number of nitrogen functional groups attached to an aromatic ring is 1. The summed E-state index contributed by atoms with van der Waals surface area (Å²) in [5.41, 5.74) is 8.69. The van der Waals surface area contributed by atoms with Crippen molar-refractivity contribution in [3.8, 4) is 0 Å². The van der Waals surface area contributed by atoms with E-state index >= 15 is 0 Å². The third-order valence-corrected chi connectivity index (χ3v) is 5.01. The molecule has 1 aromatic carbocycles. The smallest absolute Gasteiger partial charge is 0.222 e. The molecule has 2 aromatic rings. The number of anilines is 2. The summed E-state index contributed by atoms with van der Waals surface area (Å²) in [6.07, 6.45) is 1.69. The number of benzene rings is 1. The van der Waals surface area contributed by atoms with Crippen LogP contribution in [0, 0.1) is 6.92 Å². The lowest BCUT2D eigenvalue weighted by atomic mass is 9.98. The maximum atomic E-state index is 9.86. The first-order valence-electron chi connectivity index (χ1n) is 9.67. The zero-order chi connectivity index (χ0) is 19.4. The van der Waals surface area contributed by atoms with Crippen LogP contribution in [0.4, 0.5) is 11.8 Å². The summed E-state index contributed by atoms with van der Waals surface area (Å²) in [5, 5.41) is 9.86. The number of nitrogens with zero attached hydrogens (tertiary/aromatic N) is 4. The number of aryl methyl sites for hydroxylation is 2. The second-order valence-corrected chi connectivity index (χ2v) is 8.12. The molecular weight excluding hydrogens is 338 g/mol. The summed E-state index contributed by atoms with van der Waals surface area (Å²) in [4.78, 5) is 13.3. The van der Waals surface area contributed by atoms with Crippen LogP contribution in [-0.4, -0.2) is 51.8 Å². The molecule has 2 heterocycles. The monoisotopic (exact) mass is 369 g/mol. The first-order chi connectivity index (χ1) is 12.8. The van der Waals surface area contributed by atoms with E-state index in [4.69, 9.17) is 5.73 Å². The Kier molecular flexibility index (Phi) is 5.97. The van der Waals surface area contributed by atoms with Gasteiger partial charge in [-0.1, -0.05) is 24.3 Å². The molecule has 6 nitrogen and oxygen atoms in total. The standard InChI is InChI=1S/C21H31N5O/c1-16-14-19(24-20(22)23-16)26-12-10-25(11-13-26)15-18-6-4-17(5-7-18)8-9-21(2,3)27/h4-7,14,27H,8-13,15H2,1-3H3,(H2,22,23,24). The minimum atomic E-state index is -0.606. The molecule has 27 heavy (non-hydrogen) atoms. The SMILES string of the molecule is Cc1cc(N2CCN(Cc3ccc(CCC(C)(C)O)cc3)CC2)nc(N)n1. The highest BCUT2D eigenvalue weighted by atomic mass is 16.3. The largest absolute Gasteiger partial charge is 0.390 e. The van der Waals surface area contributed by atoms with E-state index < -0.39 is 5.60 Å². The highest BCUT2D eigenvalue weighted by Gasteiger charge is 2.19. The molecule has 0 bridgehead atoms. The van der Waals surface area contributed by atoms with Gasteiger partial charge in [-0.25, -0.2) is 4.98 Å². The number of piperazine rings is 1. The summed E-state index contributed by atoms with van der Waals surface area (Å²) >= 11 is 0. The van der Waals surface area contributed by atoms with Crippen LogP contribution in [0.3, 0.4) is 0 Å². The van der Waals surface area contributed by atoms with Crippen LogP contribution in [0.2, 0.25) is 0 Å². The Morgan fingerprint density at radius 3 is 2.26 bits per heavy atom. The van der Waals surface area contributed by atoms with Gasteiger partial charge in [0.1, 0.15) is 5.82 Å². The quantitative estimate of drug-likeness (QED) is 0.814. The van der Waals surface area contributed by atoms with Crippen LogP contribution in [0.1, 0.15) is 37.1 Å². The number of nitrogens with two attached hydrogens (primary N) is 1. The van der Waals surface area contributed by atoms with Crippen LogP contribution in [0.15, 0.2) is 30.3 Å². The molecule has 146 valence electrons. The van der Waals surface area contributed by atoms with Gasteiger partial charge in [-0.2, -0.15) is 4.98 Å². The van der Waals surface area contributed by atoms with Crippen LogP contribution in [0.25, 0.3) is 0 Å². The zero-order valence-corrected chi connectivity index (χ0v) is 16.6. The third kappa shape index (κ3) is 5.91. The molecule has 0 spiro atoms. The van der Waals surface area contributed by atoms with E-state index in [1.807, 2.05) is 26.8 Å². The maximum Gasteiger partial charge on any atom is 0.222 e. The van der Waals surface area contributed by atoms with Gasteiger partial charge in [-0.3, -0.25) is 4.90 Å². The molecule has 0 unspecified atom stereocenters. The van der Waals surface area contributed by atoms with E-state index in [9.17, 15) is 5.11 Å². The van der Waals surface area contributed by atoms with Gasteiger partial charge in [-0.15, -0.1) is 0 Å². The van der Waals surface area contributed by atoms with Gasteiger partial charge in [0, 0.05) is 44.5 Å². The van der Waals surface area contributed by atoms with E-state index in [0.29, 0.717) is 5.95 Å². The van der Waals surface area contributed by atoms with Crippen molar-refractivity contribution in [2.24, 2.45) is 0 Å². The van der Waals surface area contributed by atoms with Crippen molar-refractivity contribution in [3.05, 3.63) is 47.2 Å². The average Bonchev–Trinajstić information content (AvgIpc) is 2.60. The molecule has 0 aliphatic carbocycles. The van der Waals surface area contributed by atoms with Gasteiger partial charge < -0.3 is 15.7 Å². The molecule has 0 amide bonds. The fraction of sp³-hybridized carbons (Fsp3) is 0.524. The summed E-state index contributed by atoms with van der Waals surface area (Å²) < 4.78 is 0. The second-order valence-electron chi connectivity index (χ2n) is 8.12.